The highest BCUT2D eigenvalue weighted by molar-refractivity contribution is 8.06. The summed E-state index contributed by atoms with van der Waals surface area (Å²) < 4.78 is 43.4. The summed E-state index contributed by atoms with van der Waals surface area (Å²) in [5, 5.41) is 0. The van der Waals surface area contributed by atoms with Crippen LogP contribution in [0.15, 0.2) is 46.3 Å². The summed E-state index contributed by atoms with van der Waals surface area (Å²) >= 11 is 0.673. The van der Waals surface area contributed by atoms with Crippen molar-refractivity contribution in [3.05, 3.63) is 46.3 Å². The van der Waals surface area contributed by atoms with E-state index in [-0.39, 0.29) is 6.61 Å². The molecule has 0 spiro atoms. The van der Waals surface area contributed by atoms with Crippen LogP contribution >= 0.6 is 11.8 Å². The molecule has 0 aliphatic carbocycles. The highest BCUT2D eigenvalue weighted by Gasteiger charge is 2.34. The molecule has 0 saturated heterocycles. The van der Waals surface area contributed by atoms with E-state index in [1.807, 2.05) is 0 Å². The van der Waals surface area contributed by atoms with Crippen LogP contribution in [0.25, 0.3) is 0 Å². The number of rotatable bonds is 6. The lowest BCUT2D eigenvalue weighted by Gasteiger charge is -2.13. The fourth-order valence-electron chi connectivity index (χ4n) is 1.07. The number of ether oxygens (including phenoxy) is 1. The van der Waals surface area contributed by atoms with Crippen molar-refractivity contribution in [3.8, 4) is 0 Å². The first kappa shape index (κ1) is 17.1. The van der Waals surface area contributed by atoms with Crippen molar-refractivity contribution in [1.82, 2.24) is 0 Å². The molecule has 0 bridgehead atoms. The average molecular weight is 278 g/mol. The van der Waals surface area contributed by atoms with Gasteiger partial charge in [0.2, 0.25) is 0 Å². The molecule has 5 heteroatoms. The van der Waals surface area contributed by atoms with Gasteiger partial charge in [-0.05, 0) is 19.9 Å². The molecule has 0 aromatic carbocycles. The third kappa shape index (κ3) is 6.71. The molecule has 0 aromatic rings. The van der Waals surface area contributed by atoms with E-state index in [0.29, 0.717) is 22.2 Å². The monoisotopic (exact) mass is 278 g/mol. The SMILES string of the molecule is C=C/C=C(C)/C=C(/S/C(=C\C)COC)C(F)(F)F. The van der Waals surface area contributed by atoms with E-state index in [9.17, 15) is 13.2 Å². The minimum Gasteiger partial charge on any atom is -0.379 e. The molecule has 0 rings (SSSR count). The van der Waals surface area contributed by atoms with Crippen LogP contribution < -0.4 is 0 Å². The summed E-state index contributed by atoms with van der Waals surface area (Å²) in [7, 11) is 1.45. The lowest BCUT2D eigenvalue weighted by molar-refractivity contribution is -0.0836. The summed E-state index contributed by atoms with van der Waals surface area (Å²) in [6, 6.07) is 0. The predicted molar refractivity (Wildman–Crippen MR) is 71.3 cm³/mol. The highest BCUT2D eigenvalue weighted by Crippen LogP contribution is 2.39. The lowest BCUT2D eigenvalue weighted by Crippen LogP contribution is -2.10. The Morgan fingerprint density at radius 1 is 1.39 bits per heavy atom. The van der Waals surface area contributed by atoms with Crippen LogP contribution in [0.4, 0.5) is 13.2 Å². The predicted octanol–water partition coefficient (Wildman–Crippen LogP) is 4.85. The van der Waals surface area contributed by atoms with Gasteiger partial charge in [-0.2, -0.15) is 13.2 Å². The summed E-state index contributed by atoms with van der Waals surface area (Å²) in [6.45, 7) is 6.90. The maximum absolute atomic E-state index is 12.8. The minimum absolute atomic E-state index is 0.165. The standard InChI is InChI=1S/C13H17F3OS/c1-5-7-10(3)8-12(13(14,15)16)18-11(6-2)9-17-4/h5-8H,1,9H2,2-4H3/b10-7+,11-6-,12-8+. The molecule has 0 atom stereocenters. The molecule has 102 valence electrons. The second kappa shape index (κ2) is 8.21. The zero-order chi connectivity index (χ0) is 14.2. The molecule has 0 heterocycles. The topological polar surface area (TPSA) is 9.23 Å². The summed E-state index contributed by atoms with van der Waals surface area (Å²) in [4.78, 5) is -0.143. The van der Waals surface area contributed by atoms with Gasteiger partial charge < -0.3 is 4.74 Å². The normalized spacial score (nSPS) is 14.9. The van der Waals surface area contributed by atoms with Gasteiger partial charge in [-0.1, -0.05) is 42.1 Å². The van der Waals surface area contributed by atoms with Crippen LogP contribution in [0.5, 0.6) is 0 Å². The number of methoxy groups -OCH3 is 1. The number of hydrogen-bond donors (Lipinski definition) is 0. The largest absolute Gasteiger partial charge is 0.422 e. The molecule has 18 heavy (non-hydrogen) atoms. The van der Waals surface area contributed by atoms with Crippen molar-refractivity contribution in [3.63, 3.8) is 0 Å². The summed E-state index contributed by atoms with van der Waals surface area (Å²) in [5.74, 6) is 0. The van der Waals surface area contributed by atoms with Gasteiger partial charge in [-0.25, -0.2) is 0 Å². The maximum atomic E-state index is 12.8. The van der Waals surface area contributed by atoms with E-state index in [1.54, 1.807) is 19.9 Å². The number of thioether (sulfide) groups is 1. The molecule has 0 radical (unpaired) electrons. The van der Waals surface area contributed by atoms with Gasteiger partial charge in [0.1, 0.15) is 0 Å². The Morgan fingerprint density at radius 3 is 2.39 bits per heavy atom. The van der Waals surface area contributed by atoms with Crippen LogP contribution in [0.1, 0.15) is 13.8 Å². The number of alkyl halides is 3. The van der Waals surface area contributed by atoms with Gasteiger partial charge in [-0.3, -0.25) is 0 Å². The molecule has 0 aromatic heterocycles. The fourth-order valence-corrected chi connectivity index (χ4v) is 2.00. The molecule has 0 unspecified atom stereocenters. The second-order valence-electron chi connectivity index (χ2n) is 3.44. The molecular formula is C13H17F3OS. The highest BCUT2D eigenvalue weighted by atomic mass is 32.2. The number of hydrogen-bond acceptors (Lipinski definition) is 2. The quantitative estimate of drug-likeness (QED) is 0.642. The Bertz CT molecular complexity index is 365. The molecule has 0 amide bonds. The second-order valence-corrected chi connectivity index (χ2v) is 4.61. The van der Waals surface area contributed by atoms with Gasteiger partial charge in [-0.15, -0.1) is 0 Å². The van der Waals surface area contributed by atoms with Crippen molar-refractivity contribution < 1.29 is 17.9 Å². The van der Waals surface area contributed by atoms with E-state index < -0.39 is 11.1 Å². The van der Waals surface area contributed by atoms with Crippen molar-refractivity contribution in [2.24, 2.45) is 0 Å². The molecule has 0 aliphatic rings. The molecule has 0 fully saturated rings. The van der Waals surface area contributed by atoms with E-state index >= 15 is 0 Å². The maximum Gasteiger partial charge on any atom is 0.422 e. The Balaban J connectivity index is 5.15. The van der Waals surface area contributed by atoms with Crippen LogP contribution in [0.2, 0.25) is 0 Å². The van der Waals surface area contributed by atoms with Crippen molar-refractivity contribution in [1.29, 1.82) is 0 Å². The van der Waals surface area contributed by atoms with E-state index in [0.717, 1.165) is 6.08 Å². The third-order valence-corrected chi connectivity index (χ3v) is 3.05. The van der Waals surface area contributed by atoms with E-state index in [4.69, 9.17) is 4.74 Å². The first-order chi connectivity index (χ1) is 8.35. The minimum atomic E-state index is -4.37. The number of allylic oxidation sites excluding steroid dienone is 6. The van der Waals surface area contributed by atoms with E-state index in [1.165, 1.54) is 19.3 Å². The van der Waals surface area contributed by atoms with E-state index in [2.05, 4.69) is 6.58 Å². The Morgan fingerprint density at radius 2 is 2.00 bits per heavy atom. The van der Waals surface area contributed by atoms with Crippen LogP contribution in [-0.4, -0.2) is 19.9 Å². The van der Waals surface area contributed by atoms with Gasteiger partial charge in [0.15, 0.2) is 0 Å². The van der Waals surface area contributed by atoms with Crippen molar-refractivity contribution >= 4 is 11.8 Å². The molecule has 0 aliphatic heterocycles. The van der Waals surface area contributed by atoms with Crippen LogP contribution in [-0.2, 0) is 4.74 Å². The lowest BCUT2D eigenvalue weighted by atomic mass is 10.2. The van der Waals surface area contributed by atoms with Crippen molar-refractivity contribution in [2.75, 3.05) is 13.7 Å². The number of halogens is 3. The molecular weight excluding hydrogens is 261 g/mol. The Labute approximate surface area is 110 Å². The van der Waals surface area contributed by atoms with Crippen molar-refractivity contribution in [2.45, 2.75) is 20.0 Å². The van der Waals surface area contributed by atoms with Gasteiger partial charge >= 0.3 is 6.18 Å². The van der Waals surface area contributed by atoms with Gasteiger partial charge in [0, 0.05) is 12.0 Å². The summed E-state index contributed by atoms with van der Waals surface area (Å²) in [6.07, 6.45) is 1.32. The Hall–Kier alpha value is -0.940. The average Bonchev–Trinajstić information content (AvgIpc) is 2.26. The molecule has 0 saturated carbocycles. The first-order valence-corrected chi connectivity index (χ1v) is 6.07. The smallest absolute Gasteiger partial charge is 0.379 e. The van der Waals surface area contributed by atoms with Gasteiger partial charge in [0.25, 0.3) is 0 Å². The van der Waals surface area contributed by atoms with Crippen LogP contribution in [0.3, 0.4) is 0 Å². The first-order valence-electron chi connectivity index (χ1n) is 5.25. The Kier molecular flexibility index (Phi) is 7.78. The fraction of sp³-hybridized carbons (Fsp3) is 0.385. The zero-order valence-electron chi connectivity index (χ0n) is 10.7. The zero-order valence-corrected chi connectivity index (χ0v) is 11.5. The van der Waals surface area contributed by atoms with Crippen LogP contribution in [0, 0.1) is 0 Å². The molecule has 0 N–H and O–H groups in total. The molecule has 1 nitrogen and oxygen atoms in total. The van der Waals surface area contributed by atoms with Gasteiger partial charge in [0.05, 0.1) is 11.5 Å². The third-order valence-electron chi connectivity index (χ3n) is 1.87. The summed E-state index contributed by atoms with van der Waals surface area (Å²) in [5.41, 5.74) is 0.498.